The highest BCUT2D eigenvalue weighted by Gasteiger charge is 2.25. The van der Waals surface area contributed by atoms with Crippen LogP contribution in [0.1, 0.15) is 31.2 Å². The van der Waals surface area contributed by atoms with Crippen LogP contribution >= 0.6 is 0 Å². The van der Waals surface area contributed by atoms with Crippen LogP contribution in [0, 0.1) is 23.1 Å². The molecule has 1 saturated carbocycles. The summed E-state index contributed by atoms with van der Waals surface area (Å²) < 4.78 is 13.0. The number of nitrogens with zero attached hydrogens (tertiary/aromatic N) is 2. The average molecular weight is 288 g/mol. The first-order chi connectivity index (χ1) is 10.1. The van der Waals surface area contributed by atoms with E-state index in [1.807, 2.05) is 11.9 Å². The van der Waals surface area contributed by atoms with Crippen LogP contribution in [0.4, 0.5) is 4.39 Å². The van der Waals surface area contributed by atoms with Gasteiger partial charge in [0.15, 0.2) is 0 Å². The highest BCUT2D eigenvalue weighted by molar-refractivity contribution is 5.66. The van der Waals surface area contributed by atoms with Gasteiger partial charge in [-0.3, -0.25) is 0 Å². The summed E-state index contributed by atoms with van der Waals surface area (Å²) >= 11 is 0. The predicted octanol–water partition coefficient (Wildman–Crippen LogP) is 3.17. The quantitative estimate of drug-likeness (QED) is 0.866. The summed E-state index contributed by atoms with van der Waals surface area (Å²) in [6.07, 6.45) is 5.30. The normalized spacial score (nSPS) is 22.7. The summed E-state index contributed by atoms with van der Waals surface area (Å²) in [5.41, 5.74) is 1.57. The minimum Gasteiger partial charge on any atom is -0.393 e. The number of allylic oxidation sites excluding steroid dienone is 1. The summed E-state index contributed by atoms with van der Waals surface area (Å²) in [6, 6.07) is 8.18. The lowest BCUT2D eigenvalue weighted by Crippen LogP contribution is -2.34. The Morgan fingerprint density at radius 2 is 2.05 bits per heavy atom. The summed E-state index contributed by atoms with van der Waals surface area (Å²) in [5, 5.41) is 19.1. The van der Waals surface area contributed by atoms with Gasteiger partial charge in [0, 0.05) is 25.6 Å². The number of halogens is 1. The van der Waals surface area contributed by atoms with Gasteiger partial charge >= 0.3 is 0 Å². The fourth-order valence-electron chi connectivity index (χ4n) is 2.95. The fourth-order valence-corrected chi connectivity index (χ4v) is 2.95. The Morgan fingerprint density at radius 1 is 1.38 bits per heavy atom. The van der Waals surface area contributed by atoms with Gasteiger partial charge in [0.1, 0.15) is 5.82 Å². The van der Waals surface area contributed by atoms with Crippen molar-refractivity contribution >= 4 is 5.70 Å². The summed E-state index contributed by atoms with van der Waals surface area (Å²) in [5.74, 6) is -0.0632. The molecule has 1 aromatic rings. The van der Waals surface area contributed by atoms with Gasteiger partial charge in [-0.15, -0.1) is 0 Å². The predicted molar refractivity (Wildman–Crippen MR) is 80.6 cm³/mol. The first kappa shape index (κ1) is 15.5. The molecular formula is C17H21FN2O. The molecule has 112 valence electrons. The number of hydrogen-bond donors (Lipinski definition) is 1. The van der Waals surface area contributed by atoms with Gasteiger partial charge < -0.3 is 10.0 Å². The second kappa shape index (κ2) is 7.24. The van der Waals surface area contributed by atoms with Crippen molar-refractivity contribution in [2.45, 2.75) is 31.8 Å². The monoisotopic (exact) mass is 288 g/mol. The van der Waals surface area contributed by atoms with E-state index in [9.17, 15) is 9.50 Å². The first-order valence-electron chi connectivity index (χ1n) is 7.36. The van der Waals surface area contributed by atoms with Gasteiger partial charge in [0.25, 0.3) is 0 Å². The molecule has 1 fully saturated rings. The van der Waals surface area contributed by atoms with Gasteiger partial charge in [-0.1, -0.05) is 12.8 Å². The van der Waals surface area contributed by atoms with Gasteiger partial charge in [-0.2, -0.15) is 5.26 Å². The zero-order chi connectivity index (χ0) is 15.2. The molecule has 4 heteroatoms. The molecule has 0 aliphatic heterocycles. The average Bonchev–Trinajstić information content (AvgIpc) is 2.48. The zero-order valence-electron chi connectivity index (χ0n) is 12.3. The van der Waals surface area contributed by atoms with E-state index < -0.39 is 0 Å². The maximum Gasteiger partial charge on any atom is 0.123 e. The molecule has 0 bridgehead atoms. The number of rotatable bonds is 4. The maximum atomic E-state index is 13.0. The van der Waals surface area contributed by atoms with E-state index >= 15 is 0 Å². The summed E-state index contributed by atoms with van der Waals surface area (Å²) in [7, 11) is 1.91. The molecule has 2 atom stereocenters. The smallest absolute Gasteiger partial charge is 0.123 e. The van der Waals surface area contributed by atoms with Crippen LogP contribution in [-0.4, -0.2) is 29.7 Å². The van der Waals surface area contributed by atoms with Crippen molar-refractivity contribution in [1.82, 2.24) is 4.90 Å². The molecule has 0 saturated heterocycles. The zero-order valence-corrected chi connectivity index (χ0v) is 12.3. The van der Waals surface area contributed by atoms with E-state index in [-0.39, 0.29) is 17.8 Å². The number of hydrogen-bond acceptors (Lipinski definition) is 3. The molecule has 2 rings (SSSR count). The van der Waals surface area contributed by atoms with Gasteiger partial charge in [-0.25, -0.2) is 4.39 Å². The molecule has 1 aromatic carbocycles. The third-order valence-corrected chi connectivity index (χ3v) is 4.13. The summed E-state index contributed by atoms with van der Waals surface area (Å²) in [6.45, 7) is 0.700. The topological polar surface area (TPSA) is 47.3 Å². The van der Waals surface area contributed by atoms with Crippen LogP contribution in [0.5, 0.6) is 0 Å². The number of aliphatic hydroxyl groups excluding tert-OH is 1. The molecule has 0 spiro atoms. The lowest BCUT2D eigenvalue weighted by atomic mass is 9.86. The molecule has 0 radical (unpaired) electrons. The molecule has 1 N–H and O–H groups in total. The standard InChI is InChI=1S/C17H21FN2O/c1-20(12-14-4-2-3-5-17(14)21)16(10-11-19)13-6-8-15(18)9-7-13/h6-10,14,17,21H,2-5,12H2,1H3/b16-10+. The van der Waals surface area contributed by atoms with Crippen LogP contribution in [-0.2, 0) is 0 Å². The van der Waals surface area contributed by atoms with E-state index in [4.69, 9.17) is 5.26 Å². The third kappa shape index (κ3) is 4.05. The van der Waals surface area contributed by atoms with Crippen LogP contribution in [0.25, 0.3) is 5.70 Å². The first-order valence-corrected chi connectivity index (χ1v) is 7.36. The molecule has 2 unspecified atom stereocenters. The van der Waals surface area contributed by atoms with Crippen LogP contribution in [0.15, 0.2) is 30.3 Å². The van der Waals surface area contributed by atoms with Gasteiger partial charge in [0.05, 0.1) is 17.9 Å². The van der Waals surface area contributed by atoms with Crippen LogP contribution in [0.2, 0.25) is 0 Å². The molecule has 1 aliphatic rings. The Morgan fingerprint density at radius 3 is 2.67 bits per heavy atom. The molecule has 0 aromatic heterocycles. The third-order valence-electron chi connectivity index (χ3n) is 4.13. The van der Waals surface area contributed by atoms with Crippen LogP contribution in [0.3, 0.4) is 0 Å². The lowest BCUT2D eigenvalue weighted by Gasteiger charge is -2.33. The highest BCUT2D eigenvalue weighted by atomic mass is 19.1. The van der Waals surface area contributed by atoms with Crippen molar-refractivity contribution in [1.29, 1.82) is 5.26 Å². The number of nitriles is 1. The Bertz CT molecular complexity index is 533. The minimum atomic E-state index is -0.291. The van der Waals surface area contributed by atoms with Crippen molar-refractivity contribution in [2.24, 2.45) is 5.92 Å². The van der Waals surface area contributed by atoms with Crippen molar-refractivity contribution in [3.8, 4) is 6.07 Å². The van der Waals surface area contributed by atoms with E-state index in [0.717, 1.165) is 36.9 Å². The molecule has 21 heavy (non-hydrogen) atoms. The molecule has 0 heterocycles. The minimum absolute atomic E-state index is 0.228. The van der Waals surface area contributed by atoms with Crippen molar-refractivity contribution < 1.29 is 9.50 Å². The Labute approximate surface area is 125 Å². The molecular weight excluding hydrogens is 267 g/mol. The molecule has 3 nitrogen and oxygen atoms in total. The second-order valence-corrected chi connectivity index (χ2v) is 5.66. The Balaban J connectivity index is 2.13. The number of benzene rings is 1. The van der Waals surface area contributed by atoms with E-state index in [0.29, 0.717) is 6.54 Å². The van der Waals surface area contributed by atoms with E-state index in [1.165, 1.54) is 18.2 Å². The van der Waals surface area contributed by atoms with Crippen molar-refractivity contribution in [3.05, 3.63) is 41.7 Å². The second-order valence-electron chi connectivity index (χ2n) is 5.66. The molecule has 0 amide bonds. The van der Waals surface area contributed by atoms with Crippen LogP contribution < -0.4 is 0 Å². The van der Waals surface area contributed by atoms with Gasteiger partial charge in [-0.05, 0) is 42.7 Å². The maximum absolute atomic E-state index is 13.0. The lowest BCUT2D eigenvalue weighted by molar-refractivity contribution is 0.0595. The SMILES string of the molecule is CN(CC1CCCCC1O)/C(=C/C#N)c1ccc(F)cc1. The van der Waals surface area contributed by atoms with Gasteiger partial charge in [0.2, 0.25) is 0 Å². The highest BCUT2D eigenvalue weighted by Crippen LogP contribution is 2.27. The Hall–Kier alpha value is -1.86. The van der Waals surface area contributed by atoms with E-state index in [1.54, 1.807) is 12.1 Å². The van der Waals surface area contributed by atoms with E-state index in [2.05, 4.69) is 6.07 Å². The molecule has 1 aliphatic carbocycles. The largest absolute Gasteiger partial charge is 0.393 e. The fraction of sp³-hybridized carbons (Fsp3) is 0.471. The summed E-state index contributed by atoms with van der Waals surface area (Å²) in [4.78, 5) is 1.98. The van der Waals surface area contributed by atoms with Crippen molar-refractivity contribution in [2.75, 3.05) is 13.6 Å². The number of aliphatic hydroxyl groups is 1. The Kier molecular flexibility index (Phi) is 5.35. The van der Waals surface area contributed by atoms with Crippen molar-refractivity contribution in [3.63, 3.8) is 0 Å².